The van der Waals surface area contributed by atoms with Crippen molar-refractivity contribution in [3.8, 4) is 11.5 Å². The van der Waals surface area contributed by atoms with Crippen LogP contribution in [0.15, 0.2) is 109 Å². The Bertz CT molecular complexity index is 1530. The summed E-state index contributed by atoms with van der Waals surface area (Å²) < 4.78 is 11.6. The number of amides is 4. The third-order valence-corrected chi connectivity index (χ3v) is 6.18. The van der Waals surface area contributed by atoms with Crippen LogP contribution in [0.1, 0.15) is 16.7 Å². The van der Waals surface area contributed by atoms with Gasteiger partial charge in [0.2, 0.25) is 0 Å². The van der Waals surface area contributed by atoms with Crippen molar-refractivity contribution in [1.29, 1.82) is 0 Å². The van der Waals surface area contributed by atoms with E-state index in [4.69, 9.17) is 21.1 Å². The number of imide groups is 2. The highest BCUT2D eigenvalue weighted by atomic mass is 35.5. The van der Waals surface area contributed by atoms with Gasteiger partial charge in [0, 0.05) is 5.02 Å². The number of benzene rings is 4. The molecule has 7 nitrogen and oxygen atoms in total. The van der Waals surface area contributed by atoms with E-state index in [-0.39, 0.29) is 5.57 Å². The summed E-state index contributed by atoms with van der Waals surface area (Å²) in [7, 11) is 0. The van der Waals surface area contributed by atoms with Crippen LogP contribution >= 0.6 is 11.6 Å². The van der Waals surface area contributed by atoms with E-state index in [0.29, 0.717) is 41.0 Å². The molecule has 0 atom stereocenters. The van der Waals surface area contributed by atoms with Crippen LogP contribution in [0.3, 0.4) is 0 Å². The molecule has 0 bridgehead atoms. The van der Waals surface area contributed by atoms with Gasteiger partial charge >= 0.3 is 6.03 Å². The average molecular weight is 539 g/mol. The molecule has 1 N–H and O–H groups in total. The van der Waals surface area contributed by atoms with Crippen molar-refractivity contribution >= 4 is 41.2 Å². The molecule has 1 aliphatic heterocycles. The molecule has 1 fully saturated rings. The van der Waals surface area contributed by atoms with Gasteiger partial charge in [0.1, 0.15) is 30.3 Å². The summed E-state index contributed by atoms with van der Waals surface area (Å²) in [4.78, 5) is 39.4. The lowest BCUT2D eigenvalue weighted by atomic mass is 10.1. The van der Waals surface area contributed by atoms with Crippen LogP contribution in [0.5, 0.6) is 11.5 Å². The van der Waals surface area contributed by atoms with Crippen LogP contribution in [0, 0.1) is 0 Å². The maximum Gasteiger partial charge on any atom is 0.335 e. The van der Waals surface area contributed by atoms with E-state index in [2.05, 4.69) is 5.32 Å². The Kier molecular flexibility index (Phi) is 7.70. The first-order chi connectivity index (χ1) is 19.0. The van der Waals surface area contributed by atoms with E-state index < -0.39 is 17.8 Å². The number of halogens is 1. The van der Waals surface area contributed by atoms with Gasteiger partial charge in [-0.1, -0.05) is 66.2 Å². The van der Waals surface area contributed by atoms with Crippen LogP contribution in [-0.2, 0) is 22.8 Å². The van der Waals surface area contributed by atoms with Gasteiger partial charge < -0.3 is 9.47 Å². The first-order valence-corrected chi connectivity index (χ1v) is 12.5. The molecule has 5 rings (SSSR count). The van der Waals surface area contributed by atoms with Gasteiger partial charge in [-0.15, -0.1) is 0 Å². The lowest BCUT2D eigenvalue weighted by molar-refractivity contribution is -0.122. The van der Waals surface area contributed by atoms with Crippen molar-refractivity contribution < 1.29 is 23.9 Å². The van der Waals surface area contributed by atoms with Crippen LogP contribution < -0.4 is 19.7 Å². The van der Waals surface area contributed by atoms with E-state index in [1.807, 2.05) is 42.5 Å². The summed E-state index contributed by atoms with van der Waals surface area (Å²) in [5.41, 5.74) is 2.67. The van der Waals surface area contributed by atoms with E-state index >= 15 is 0 Å². The Morgan fingerprint density at radius 2 is 1.38 bits per heavy atom. The maximum atomic E-state index is 13.3. The van der Waals surface area contributed by atoms with Crippen molar-refractivity contribution in [1.82, 2.24) is 5.32 Å². The molecule has 0 spiro atoms. The third kappa shape index (κ3) is 6.34. The van der Waals surface area contributed by atoms with Crippen LogP contribution in [0.4, 0.5) is 10.5 Å². The molecule has 4 aromatic rings. The Hall–Kier alpha value is -4.88. The summed E-state index contributed by atoms with van der Waals surface area (Å²) in [5, 5.41) is 2.88. The zero-order valence-electron chi connectivity index (χ0n) is 20.7. The second-order valence-electron chi connectivity index (χ2n) is 8.71. The molecule has 39 heavy (non-hydrogen) atoms. The highest BCUT2D eigenvalue weighted by Crippen LogP contribution is 2.26. The number of anilines is 1. The lowest BCUT2D eigenvalue weighted by Gasteiger charge is -2.26. The molecule has 0 aromatic heterocycles. The fourth-order valence-electron chi connectivity index (χ4n) is 3.93. The number of urea groups is 1. The second kappa shape index (κ2) is 11.7. The largest absolute Gasteiger partial charge is 0.489 e. The summed E-state index contributed by atoms with van der Waals surface area (Å²) in [6.45, 7) is 0.705. The quantitative estimate of drug-likeness (QED) is 0.214. The molecule has 0 unspecified atom stereocenters. The molecule has 1 heterocycles. The van der Waals surface area contributed by atoms with Gasteiger partial charge in [0.25, 0.3) is 11.8 Å². The molecule has 0 radical (unpaired) electrons. The fraction of sp³-hybridized carbons (Fsp3) is 0.0645. The van der Waals surface area contributed by atoms with Crippen molar-refractivity contribution in [2.75, 3.05) is 4.90 Å². The molecule has 0 aliphatic carbocycles. The first-order valence-electron chi connectivity index (χ1n) is 12.1. The predicted molar refractivity (Wildman–Crippen MR) is 148 cm³/mol. The molecule has 1 saturated heterocycles. The van der Waals surface area contributed by atoms with Crippen molar-refractivity contribution in [3.63, 3.8) is 0 Å². The minimum absolute atomic E-state index is 0.169. The third-order valence-electron chi connectivity index (χ3n) is 5.93. The standard InChI is InChI=1S/C31H23ClN2O5/c32-24-11-9-22(10-12-24)20-38-26-15-13-25(14-16-26)34-30(36)28(29(35)33-31(34)37)18-23-7-4-8-27(17-23)39-19-21-5-2-1-3-6-21/h1-18H,19-20H2,(H,33,35,37)/b28-18-. The smallest absolute Gasteiger partial charge is 0.335 e. The molecular weight excluding hydrogens is 516 g/mol. The number of rotatable bonds is 8. The number of nitrogens with zero attached hydrogens (tertiary/aromatic N) is 1. The van der Waals surface area contributed by atoms with Gasteiger partial charge in [-0.3, -0.25) is 14.9 Å². The van der Waals surface area contributed by atoms with Crippen molar-refractivity contribution in [2.24, 2.45) is 0 Å². The number of hydrogen-bond donors (Lipinski definition) is 1. The van der Waals surface area contributed by atoms with E-state index in [9.17, 15) is 14.4 Å². The minimum Gasteiger partial charge on any atom is -0.489 e. The molecule has 1 aliphatic rings. The van der Waals surface area contributed by atoms with E-state index in [1.165, 1.54) is 6.08 Å². The van der Waals surface area contributed by atoms with Gasteiger partial charge in [-0.25, -0.2) is 9.69 Å². The number of carbonyl (C=O) groups is 3. The second-order valence-corrected chi connectivity index (χ2v) is 9.15. The molecule has 4 amide bonds. The summed E-state index contributed by atoms with van der Waals surface area (Å²) in [5.74, 6) is -0.356. The van der Waals surface area contributed by atoms with Gasteiger partial charge in [-0.05, 0) is 71.3 Å². The topological polar surface area (TPSA) is 84.9 Å². The molecular formula is C31H23ClN2O5. The average Bonchev–Trinajstić information content (AvgIpc) is 2.95. The van der Waals surface area contributed by atoms with Crippen LogP contribution in [-0.4, -0.2) is 17.8 Å². The monoisotopic (exact) mass is 538 g/mol. The van der Waals surface area contributed by atoms with Crippen LogP contribution in [0.25, 0.3) is 6.08 Å². The Balaban J connectivity index is 1.29. The van der Waals surface area contributed by atoms with Crippen LogP contribution in [0.2, 0.25) is 5.02 Å². The summed E-state index contributed by atoms with van der Waals surface area (Å²) in [6, 6.07) is 29.7. The van der Waals surface area contributed by atoms with Gasteiger partial charge in [0.05, 0.1) is 5.69 Å². The Morgan fingerprint density at radius 3 is 2.10 bits per heavy atom. The first kappa shape index (κ1) is 25.8. The lowest BCUT2D eigenvalue weighted by Crippen LogP contribution is -2.54. The zero-order valence-corrected chi connectivity index (χ0v) is 21.4. The predicted octanol–water partition coefficient (Wildman–Crippen LogP) is 6.16. The number of carbonyl (C=O) groups excluding carboxylic acids is 3. The number of barbiturate groups is 1. The van der Waals surface area contributed by atoms with E-state index in [0.717, 1.165) is 16.0 Å². The number of hydrogen-bond acceptors (Lipinski definition) is 5. The molecule has 194 valence electrons. The normalized spacial score (nSPS) is 14.3. The van der Waals surface area contributed by atoms with Crippen molar-refractivity contribution in [3.05, 3.63) is 130 Å². The summed E-state index contributed by atoms with van der Waals surface area (Å²) >= 11 is 5.91. The molecule has 8 heteroatoms. The van der Waals surface area contributed by atoms with E-state index in [1.54, 1.807) is 60.7 Å². The summed E-state index contributed by atoms with van der Waals surface area (Å²) in [6.07, 6.45) is 1.44. The van der Waals surface area contributed by atoms with Gasteiger partial charge in [-0.2, -0.15) is 0 Å². The molecule has 0 saturated carbocycles. The Morgan fingerprint density at radius 1 is 0.718 bits per heavy atom. The highest BCUT2D eigenvalue weighted by Gasteiger charge is 2.36. The maximum absolute atomic E-state index is 13.3. The number of nitrogens with one attached hydrogen (secondary N) is 1. The fourth-order valence-corrected chi connectivity index (χ4v) is 4.06. The molecule has 4 aromatic carbocycles. The minimum atomic E-state index is -0.822. The Labute approximate surface area is 230 Å². The van der Waals surface area contributed by atoms with Gasteiger partial charge in [0.15, 0.2) is 0 Å². The SMILES string of the molecule is O=C1NC(=O)N(c2ccc(OCc3ccc(Cl)cc3)cc2)C(=O)/C1=C\c1cccc(OCc2ccccc2)c1. The number of ether oxygens (including phenoxy) is 2. The highest BCUT2D eigenvalue weighted by molar-refractivity contribution is 6.39. The zero-order chi connectivity index (χ0) is 27.2. The van der Waals surface area contributed by atoms with Crippen molar-refractivity contribution in [2.45, 2.75) is 13.2 Å².